The molecule has 0 bridgehead atoms. The number of nitrogens with one attached hydrogen (secondary N) is 1. The average Bonchev–Trinajstić information content (AvgIpc) is 2.96. The number of aliphatic hydroxyl groups is 1. The van der Waals surface area contributed by atoms with E-state index in [0.717, 1.165) is 0 Å². The van der Waals surface area contributed by atoms with Crippen LogP contribution in [0.1, 0.15) is 17.5 Å². The smallest absolute Gasteiger partial charge is 0.386 e. The van der Waals surface area contributed by atoms with Crippen molar-refractivity contribution in [2.75, 3.05) is 11.9 Å². The van der Waals surface area contributed by atoms with Crippen LogP contribution < -0.4 is 5.32 Å². The molecule has 24 heavy (non-hydrogen) atoms. The maximum Gasteiger partial charge on any atom is 0.453 e. The van der Waals surface area contributed by atoms with Gasteiger partial charge in [0, 0.05) is 12.1 Å². The van der Waals surface area contributed by atoms with Gasteiger partial charge in [-0.1, -0.05) is 18.2 Å². The minimum Gasteiger partial charge on any atom is -0.386 e. The molecule has 3 rings (SSSR count). The molecule has 2 heterocycles. The molecule has 2 aromatic heterocycles. The zero-order valence-corrected chi connectivity index (χ0v) is 12.0. The summed E-state index contributed by atoms with van der Waals surface area (Å²) in [5.41, 5.74) is 0.00823. The first kappa shape index (κ1) is 16.1. The fourth-order valence-electron chi connectivity index (χ4n) is 2.12. The van der Waals surface area contributed by atoms with Gasteiger partial charge >= 0.3 is 6.18 Å². The van der Waals surface area contributed by atoms with Gasteiger partial charge < -0.3 is 10.4 Å². The van der Waals surface area contributed by atoms with Crippen molar-refractivity contribution in [3.8, 4) is 0 Å². The lowest BCUT2D eigenvalue weighted by Gasteiger charge is -2.13. The van der Waals surface area contributed by atoms with E-state index in [-0.39, 0.29) is 23.6 Å². The summed E-state index contributed by atoms with van der Waals surface area (Å²) >= 11 is 0. The molecule has 2 N–H and O–H groups in total. The third kappa shape index (κ3) is 3.13. The number of hydrogen-bond acceptors (Lipinski definition) is 5. The second-order valence-corrected chi connectivity index (χ2v) is 4.93. The molecule has 1 aromatic carbocycles. The van der Waals surface area contributed by atoms with Crippen LogP contribution in [0.25, 0.3) is 5.65 Å². The normalized spacial score (nSPS) is 13.2. The number of alkyl halides is 3. The Morgan fingerprint density at radius 3 is 2.58 bits per heavy atom. The van der Waals surface area contributed by atoms with Gasteiger partial charge in [0.2, 0.25) is 0 Å². The third-order valence-corrected chi connectivity index (χ3v) is 3.26. The summed E-state index contributed by atoms with van der Waals surface area (Å²) in [6.07, 6.45) is -5.88. The van der Waals surface area contributed by atoms with Crippen molar-refractivity contribution in [1.82, 2.24) is 19.8 Å². The Kier molecular flexibility index (Phi) is 4.06. The molecule has 6 nitrogen and oxygen atoms in total. The molecular weight excluding hydrogens is 330 g/mol. The predicted octanol–water partition coefficient (Wildman–Crippen LogP) is 2.43. The third-order valence-electron chi connectivity index (χ3n) is 3.26. The van der Waals surface area contributed by atoms with E-state index in [1.165, 1.54) is 30.3 Å². The highest BCUT2D eigenvalue weighted by atomic mass is 19.4. The minimum absolute atomic E-state index is 0.0585. The number of halogens is 4. The van der Waals surface area contributed by atoms with Crippen molar-refractivity contribution in [2.45, 2.75) is 12.3 Å². The van der Waals surface area contributed by atoms with E-state index in [0.29, 0.717) is 4.52 Å². The molecule has 0 fully saturated rings. The summed E-state index contributed by atoms with van der Waals surface area (Å²) in [5.74, 6) is -1.77. The van der Waals surface area contributed by atoms with Crippen molar-refractivity contribution in [2.24, 2.45) is 0 Å². The first-order valence-corrected chi connectivity index (χ1v) is 6.82. The van der Waals surface area contributed by atoms with E-state index < -0.39 is 23.9 Å². The second kappa shape index (κ2) is 6.04. The number of anilines is 1. The first-order valence-electron chi connectivity index (χ1n) is 6.82. The van der Waals surface area contributed by atoms with Crippen LogP contribution in [0.5, 0.6) is 0 Å². The number of nitrogens with zero attached hydrogens (tertiary/aromatic N) is 4. The van der Waals surface area contributed by atoms with Gasteiger partial charge in [0.15, 0.2) is 5.65 Å². The fraction of sp³-hybridized carbons (Fsp3) is 0.214. The van der Waals surface area contributed by atoms with Crippen molar-refractivity contribution in [3.05, 3.63) is 53.6 Å². The quantitative estimate of drug-likeness (QED) is 0.713. The number of aromatic nitrogens is 4. The minimum atomic E-state index is -4.70. The Bertz CT molecular complexity index is 864. The van der Waals surface area contributed by atoms with Crippen LogP contribution in [-0.2, 0) is 6.18 Å². The van der Waals surface area contributed by atoms with Gasteiger partial charge in [-0.15, -0.1) is 15.3 Å². The molecule has 0 saturated heterocycles. The lowest BCUT2D eigenvalue weighted by Crippen LogP contribution is -2.16. The molecule has 0 spiro atoms. The molecule has 0 aliphatic carbocycles. The highest BCUT2D eigenvalue weighted by Crippen LogP contribution is 2.27. The Labute approximate surface area is 132 Å². The zero-order chi connectivity index (χ0) is 17.3. The van der Waals surface area contributed by atoms with Crippen molar-refractivity contribution in [3.63, 3.8) is 0 Å². The van der Waals surface area contributed by atoms with Gasteiger partial charge in [-0.3, -0.25) is 0 Å². The fourth-order valence-corrected chi connectivity index (χ4v) is 2.12. The van der Waals surface area contributed by atoms with E-state index in [1.54, 1.807) is 6.07 Å². The van der Waals surface area contributed by atoms with E-state index in [4.69, 9.17) is 0 Å². The van der Waals surface area contributed by atoms with Crippen LogP contribution >= 0.6 is 0 Å². The number of rotatable bonds is 4. The van der Waals surface area contributed by atoms with Gasteiger partial charge in [-0.2, -0.15) is 17.7 Å². The molecule has 0 radical (unpaired) electrons. The average molecular weight is 341 g/mol. The molecule has 0 aliphatic rings. The topological polar surface area (TPSA) is 75.3 Å². The summed E-state index contributed by atoms with van der Waals surface area (Å²) in [7, 11) is 0. The highest BCUT2D eigenvalue weighted by molar-refractivity contribution is 5.44. The van der Waals surface area contributed by atoms with Gasteiger partial charge in [0.05, 0.1) is 6.10 Å². The van der Waals surface area contributed by atoms with Crippen molar-refractivity contribution in [1.29, 1.82) is 0 Å². The van der Waals surface area contributed by atoms with E-state index >= 15 is 0 Å². The molecule has 126 valence electrons. The number of hydrogen-bond donors (Lipinski definition) is 2. The molecule has 3 aromatic rings. The van der Waals surface area contributed by atoms with E-state index in [9.17, 15) is 22.7 Å². The van der Waals surface area contributed by atoms with Crippen molar-refractivity contribution < 1.29 is 22.7 Å². The Balaban J connectivity index is 1.79. The van der Waals surface area contributed by atoms with Gasteiger partial charge in [-0.05, 0) is 18.2 Å². The van der Waals surface area contributed by atoms with Crippen LogP contribution in [0.4, 0.5) is 23.4 Å². The van der Waals surface area contributed by atoms with Crippen LogP contribution in [0.3, 0.4) is 0 Å². The Morgan fingerprint density at radius 2 is 1.88 bits per heavy atom. The Morgan fingerprint density at radius 1 is 1.12 bits per heavy atom. The molecule has 1 atom stereocenters. The van der Waals surface area contributed by atoms with Gasteiger partial charge in [0.1, 0.15) is 11.6 Å². The van der Waals surface area contributed by atoms with Crippen LogP contribution in [-0.4, -0.2) is 31.5 Å². The largest absolute Gasteiger partial charge is 0.453 e. The maximum atomic E-state index is 13.6. The summed E-state index contributed by atoms with van der Waals surface area (Å²) in [5, 5.41) is 22.8. The Hall–Kier alpha value is -2.75. The second-order valence-electron chi connectivity index (χ2n) is 4.93. The molecule has 0 saturated carbocycles. The standard InChI is InChI=1S/C14H11F4N5O/c15-9-4-2-1-3-8(9)10(24)7-19-11-5-6-12-20-21-13(14(16,17)18)23(12)22-11/h1-6,10,24H,7H2,(H,19,22). The summed E-state index contributed by atoms with van der Waals surface area (Å²) in [4.78, 5) is 0. The lowest BCUT2D eigenvalue weighted by molar-refractivity contribution is -0.146. The van der Waals surface area contributed by atoms with Gasteiger partial charge in [0.25, 0.3) is 5.82 Å². The maximum absolute atomic E-state index is 13.6. The summed E-state index contributed by atoms with van der Waals surface area (Å²) in [6.45, 7) is -0.136. The van der Waals surface area contributed by atoms with E-state index in [1.807, 2.05) is 0 Å². The van der Waals surface area contributed by atoms with E-state index in [2.05, 4.69) is 20.6 Å². The van der Waals surface area contributed by atoms with Crippen LogP contribution in [0.2, 0.25) is 0 Å². The molecular formula is C14H11F4N5O. The molecule has 10 heteroatoms. The van der Waals surface area contributed by atoms with Crippen LogP contribution in [0, 0.1) is 5.82 Å². The first-order chi connectivity index (χ1) is 11.4. The predicted molar refractivity (Wildman–Crippen MR) is 75.6 cm³/mol. The number of benzene rings is 1. The molecule has 0 amide bonds. The van der Waals surface area contributed by atoms with Gasteiger partial charge in [-0.25, -0.2) is 4.39 Å². The highest BCUT2D eigenvalue weighted by Gasteiger charge is 2.37. The molecule has 1 unspecified atom stereocenters. The monoisotopic (exact) mass is 341 g/mol. The lowest BCUT2D eigenvalue weighted by atomic mass is 10.1. The summed E-state index contributed by atoms with van der Waals surface area (Å²) < 4.78 is 52.5. The van der Waals surface area contributed by atoms with Crippen molar-refractivity contribution >= 4 is 11.5 Å². The summed E-state index contributed by atoms with van der Waals surface area (Å²) in [6, 6.07) is 8.36. The number of aliphatic hydroxyl groups excluding tert-OH is 1. The SMILES string of the molecule is OC(CNc1ccc2nnc(C(F)(F)F)n2n1)c1ccccc1F. The zero-order valence-electron chi connectivity index (χ0n) is 12.0. The van der Waals surface area contributed by atoms with Crippen LogP contribution in [0.15, 0.2) is 36.4 Å². The molecule has 0 aliphatic heterocycles. The number of fused-ring (bicyclic) bond motifs is 1.